The molecule has 5 heteroatoms. The molecular formula is C14H19BrF3N. The first-order chi connectivity index (χ1) is 8.54. The van der Waals surface area contributed by atoms with Crippen LogP contribution in [-0.4, -0.2) is 6.54 Å². The molecule has 108 valence electrons. The van der Waals surface area contributed by atoms with Crippen LogP contribution >= 0.6 is 15.9 Å². The monoisotopic (exact) mass is 337 g/mol. The van der Waals surface area contributed by atoms with E-state index < -0.39 is 11.7 Å². The first-order valence-electron chi connectivity index (χ1n) is 6.14. The first-order valence-corrected chi connectivity index (χ1v) is 6.94. The van der Waals surface area contributed by atoms with E-state index in [-0.39, 0.29) is 5.41 Å². The van der Waals surface area contributed by atoms with E-state index >= 15 is 0 Å². The fraction of sp³-hybridized carbons (Fsp3) is 0.571. The van der Waals surface area contributed by atoms with Crippen molar-refractivity contribution in [3.63, 3.8) is 0 Å². The molecule has 0 radical (unpaired) electrons. The van der Waals surface area contributed by atoms with Crippen molar-refractivity contribution >= 4 is 21.6 Å². The molecule has 0 amide bonds. The lowest BCUT2D eigenvalue weighted by Gasteiger charge is -2.30. The van der Waals surface area contributed by atoms with Gasteiger partial charge in [-0.25, -0.2) is 0 Å². The molecule has 1 aromatic carbocycles. The van der Waals surface area contributed by atoms with E-state index in [1.54, 1.807) is 0 Å². The van der Waals surface area contributed by atoms with Crippen molar-refractivity contribution in [3.05, 3.63) is 28.2 Å². The SMILES string of the molecule is CC(C)C(C)(C)CNc1ccc(C(F)(F)F)cc1Br. The van der Waals surface area contributed by atoms with Crippen LogP contribution in [0.5, 0.6) is 0 Å². The summed E-state index contributed by atoms with van der Waals surface area (Å²) >= 11 is 3.18. The first kappa shape index (κ1) is 16.3. The number of hydrogen-bond acceptors (Lipinski definition) is 1. The highest BCUT2D eigenvalue weighted by atomic mass is 79.9. The zero-order valence-electron chi connectivity index (χ0n) is 11.5. The quantitative estimate of drug-likeness (QED) is 0.758. The number of rotatable bonds is 4. The molecule has 0 atom stereocenters. The van der Waals surface area contributed by atoms with Crippen molar-refractivity contribution in [3.8, 4) is 0 Å². The summed E-state index contributed by atoms with van der Waals surface area (Å²) < 4.78 is 38.1. The van der Waals surface area contributed by atoms with E-state index in [9.17, 15) is 13.2 Å². The minimum Gasteiger partial charge on any atom is -0.384 e. The van der Waals surface area contributed by atoms with Gasteiger partial charge in [0.15, 0.2) is 0 Å². The number of alkyl halides is 3. The molecule has 1 N–H and O–H groups in total. The normalized spacial score (nSPS) is 12.9. The molecule has 0 spiro atoms. The van der Waals surface area contributed by atoms with Gasteiger partial charge in [0.2, 0.25) is 0 Å². The van der Waals surface area contributed by atoms with Crippen LogP contribution in [0.2, 0.25) is 0 Å². The van der Waals surface area contributed by atoms with Gasteiger partial charge in [-0.1, -0.05) is 27.7 Å². The fourth-order valence-electron chi connectivity index (χ4n) is 1.36. The van der Waals surface area contributed by atoms with E-state index in [0.29, 0.717) is 22.6 Å². The summed E-state index contributed by atoms with van der Waals surface area (Å²) in [5.41, 5.74) is 0.108. The molecule has 0 heterocycles. The standard InChI is InChI=1S/C14H19BrF3N/c1-9(2)13(3,4)8-19-12-6-5-10(7-11(12)15)14(16,17)18/h5-7,9,19H,8H2,1-4H3. The molecule has 0 saturated heterocycles. The molecule has 1 aromatic rings. The molecule has 0 aliphatic rings. The van der Waals surface area contributed by atoms with Gasteiger partial charge in [0.25, 0.3) is 0 Å². The zero-order valence-corrected chi connectivity index (χ0v) is 13.1. The second-order valence-electron chi connectivity index (χ2n) is 5.69. The van der Waals surface area contributed by atoms with E-state index in [2.05, 4.69) is 48.9 Å². The maximum absolute atomic E-state index is 12.5. The molecule has 0 fully saturated rings. The van der Waals surface area contributed by atoms with Crippen molar-refractivity contribution in [2.24, 2.45) is 11.3 Å². The second-order valence-corrected chi connectivity index (χ2v) is 6.54. The molecule has 0 aliphatic carbocycles. The van der Waals surface area contributed by atoms with Crippen molar-refractivity contribution < 1.29 is 13.2 Å². The number of anilines is 1. The molecule has 1 nitrogen and oxygen atoms in total. The average molecular weight is 338 g/mol. The Kier molecular flexibility index (Phi) is 4.93. The maximum Gasteiger partial charge on any atom is 0.416 e. The largest absolute Gasteiger partial charge is 0.416 e. The Morgan fingerprint density at radius 1 is 1.21 bits per heavy atom. The topological polar surface area (TPSA) is 12.0 Å². The van der Waals surface area contributed by atoms with E-state index in [1.165, 1.54) is 6.07 Å². The summed E-state index contributed by atoms with van der Waals surface area (Å²) in [7, 11) is 0. The molecule has 0 saturated carbocycles. The minimum atomic E-state index is -4.31. The molecular weight excluding hydrogens is 319 g/mol. The number of hydrogen-bond donors (Lipinski definition) is 1. The molecule has 0 bridgehead atoms. The smallest absolute Gasteiger partial charge is 0.384 e. The van der Waals surface area contributed by atoms with Crippen molar-refractivity contribution in [1.82, 2.24) is 0 Å². The third kappa shape index (κ3) is 4.41. The van der Waals surface area contributed by atoms with Crippen molar-refractivity contribution in [2.75, 3.05) is 11.9 Å². The van der Waals surface area contributed by atoms with E-state index in [0.717, 1.165) is 12.1 Å². The predicted octanol–water partition coefficient (Wildman–Crippen LogP) is 5.56. The van der Waals surface area contributed by atoms with Crippen LogP contribution < -0.4 is 5.32 Å². The Bertz CT molecular complexity index is 439. The maximum atomic E-state index is 12.5. The molecule has 19 heavy (non-hydrogen) atoms. The van der Waals surface area contributed by atoms with Crippen molar-refractivity contribution in [2.45, 2.75) is 33.9 Å². The summed E-state index contributed by atoms with van der Waals surface area (Å²) in [6.07, 6.45) is -4.31. The third-order valence-electron chi connectivity index (χ3n) is 3.59. The lowest BCUT2D eigenvalue weighted by Crippen LogP contribution is -2.28. The molecule has 0 unspecified atom stereocenters. The van der Waals surface area contributed by atoms with Crippen LogP contribution in [-0.2, 0) is 6.18 Å². The summed E-state index contributed by atoms with van der Waals surface area (Å²) in [5, 5.41) is 3.20. The van der Waals surface area contributed by atoms with Crippen molar-refractivity contribution in [1.29, 1.82) is 0 Å². The summed E-state index contributed by atoms with van der Waals surface area (Å²) in [5.74, 6) is 0.480. The van der Waals surface area contributed by atoms with Crippen LogP contribution in [0.15, 0.2) is 22.7 Å². The summed E-state index contributed by atoms with van der Waals surface area (Å²) in [6.45, 7) is 9.22. The lowest BCUT2D eigenvalue weighted by atomic mass is 9.81. The van der Waals surface area contributed by atoms with Gasteiger partial charge in [-0.15, -0.1) is 0 Å². The Labute approximate surface area is 120 Å². The Hall–Kier alpha value is -0.710. The van der Waals surface area contributed by atoms with Gasteiger partial charge in [0.1, 0.15) is 0 Å². The predicted molar refractivity (Wildman–Crippen MR) is 76.3 cm³/mol. The fourth-order valence-corrected chi connectivity index (χ4v) is 1.88. The Balaban J connectivity index is 2.82. The summed E-state index contributed by atoms with van der Waals surface area (Å²) in [4.78, 5) is 0. The van der Waals surface area contributed by atoms with Gasteiger partial charge in [-0.05, 0) is 45.5 Å². The van der Waals surface area contributed by atoms with E-state index in [1.807, 2.05) is 0 Å². The third-order valence-corrected chi connectivity index (χ3v) is 4.25. The highest BCUT2D eigenvalue weighted by molar-refractivity contribution is 9.10. The van der Waals surface area contributed by atoms with E-state index in [4.69, 9.17) is 0 Å². The van der Waals surface area contributed by atoms with Gasteiger partial charge >= 0.3 is 6.18 Å². The molecule has 0 aromatic heterocycles. The number of benzene rings is 1. The van der Waals surface area contributed by atoms with Crippen LogP contribution in [0.1, 0.15) is 33.3 Å². The second kappa shape index (κ2) is 5.73. The van der Waals surface area contributed by atoms with Gasteiger partial charge in [-0.3, -0.25) is 0 Å². The number of halogens is 4. The molecule has 0 aliphatic heterocycles. The summed E-state index contributed by atoms with van der Waals surface area (Å²) in [6, 6.07) is 3.66. The minimum absolute atomic E-state index is 0.0716. The Morgan fingerprint density at radius 2 is 1.79 bits per heavy atom. The highest BCUT2D eigenvalue weighted by Crippen LogP contribution is 2.34. The van der Waals surface area contributed by atoms with Crippen LogP contribution in [0.4, 0.5) is 18.9 Å². The van der Waals surface area contributed by atoms with Gasteiger partial charge in [0, 0.05) is 16.7 Å². The van der Waals surface area contributed by atoms with Gasteiger partial charge in [-0.2, -0.15) is 13.2 Å². The van der Waals surface area contributed by atoms with Crippen LogP contribution in [0.25, 0.3) is 0 Å². The Morgan fingerprint density at radius 3 is 2.21 bits per heavy atom. The highest BCUT2D eigenvalue weighted by Gasteiger charge is 2.31. The number of nitrogens with one attached hydrogen (secondary N) is 1. The van der Waals surface area contributed by atoms with Gasteiger partial charge in [0.05, 0.1) is 5.56 Å². The lowest BCUT2D eigenvalue weighted by molar-refractivity contribution is -0.137. The molecule has 1 rings (SSSR count). The zero-order chi connectivity index (χ0) is 14.8. The van der Waals surface area contributed by atoms with Crippen LogP contribution in [0, 0.1) is 11.3 Å². The van der Waals surface area contributed by atoms with Gasteiger partial charge < -0.3 is 5.32 Å². The average Bonchev–Trinajstić information content (AvgIpc) is 2.25. The van der Waals surface area contributed by atoms with Crippen LogP contribution in [0.3, 0.4) is 0 Å².